The SMILES string of the molecule is CC(C)n1ccnc1COc1ccccc1O. The van der Waals surface area contributed by atoms with E-state index in [1.54, 1.807) is 24.4 Å². The van der Waals surface area contributed by atoms with Gasteiger partial charge in [0.2, 0.25) is 0 Å². The van der Waals surface area contributed by atoms with Gasteiger partial charge in [0.05, 0.1) is 0 Å². The molecule has 4 heteroatoms. The second-order valence-electron chi connectivity index (χ2n) is 4.10. The van der Waals surface area contributed by atoms with Crippen molar-refractivity contribution >= 4 is 0 Å². The monoisotopic (exact) mass is 232 g/mol. The minimum atomic E-state index is 0.148. The Kier molecular flexibility index (Phi) is 3.32. The Morgan fingerprint density at radius 1 is 1.35 bits per heavy atom. The lowest BCUT2D eigenvalue weighted by atomic mass is 10.3. The molecule has 0 amide bonds. The molecule has 0 unspecified atom stereocenters. The minimum absolute atomic E-state index is 0.148. The third kappa shape index (κ3) is 2.58. The molecule has 2 rings (SSSR count). The van der Waals surface area contributed by atoms with Gasteiger partial charge in [0.25, 0.3) is 0 Å². The molecule has 1 aromatic heterocycles. The van der Waals surface area contributed by atoms with Crippen molar-refractivity contribution in [2.45, 2.75) is 26.5 Å². The fraction of sp³-hybridized carbons (Fsp3) is 0.308. The van der Waals surface area contributed by atoms with E-state index in [-0.39, 0.29) is 5.75 Å². The number of rotatable bonds is 4. The van der Waals surface area contributed by atoms with Crippen molar-refractivity contribution in [1.82, 2.24) is 9.55 Å². The Hall–Kier alpha value is -1.97. The highest BCUT2D eigenvalue weighted by molar-refractivity contribution is 5.37. The van der Waals surface area contributed by atoms with Crippen LogP contribution < -0.4 is 4.74 Å². The lowest BCUT2D eigenvalue weighted by molar-refractivity contribution is 0.272. The van der Waals surface area contributed by atoms with Gasteiger partial charge < -0.3 is 14.4 Å². The van der Waals surface area contributed by atoms with E-state index in [0.29, 0.717) is 18.4 Å². The highest BCUT2D eigenvalue weighted by Crippen LogP contribution is 2.25. The summed E-state index contributed by atoms with van der Waals surface area (Å²) in [7, 11) is 0. The summed E-state index contributed by atoms with van der Waals surface area (Å²) < 4.78 is 7.58. The normalized spacial score (nSPS) is 10.8. The van der Waals surface area contributed by atoms with Crippen LogP contribution in [0.5, 0.6) is 11.5 Å². The van der Waals surface area contributed by atoms with Crippen molar-refractivity contribution in [3.63, 3.8) is 0 Å². The van der Waals surface area contributed by atoms with Crippen LogP contribution in [0, 0.1) is 0 Å². The van der Waals surface area contributed by atoms with Crippen LogP contribution in [0.2, 0.25) is 0 Å². The van der Waals surface area contributed by atoms with E-state index in [0.717, 1.165) is 5.82 Å². The molecule has 17 heavy (non-hydrogen) atoms. The van der Waals surface area contributed by atoms with Gasteiger partial charge in [0.1, 0.15) is 12.4 Å². The minimum Gasteiger partial charge on any atom is -0.504 e. The number of hydrogen-bond acceptors (Lipinski definition) is 3. The number of aromatic hydroxyl groups is 1. The molecule has 0 saturated carbocycles. The van der Waals surface area contributed by atoms with E-state index in [1.165, 1.54) is 0 Å². The predicted octanol–water partition coefficient (Wildman–Crippen LogP) is 2.75. The first-order chi connectivity index (χ1) is 8.18. The summed E-state index contributed by atoms with van der Waals surface area (Å²) in [5.74, 6) is 1.48. The molecule has 0 aliphatic heterocycles. The smallest absolute Gasteiger partial charge is 0.161 e. The summed E-state index contributed by atoms with van der Waals surface area (Å²) in [6.45, 7) is 4.53. The average Bonchev–Trinajstić information content (AvgIpc) is 2.76. The lowest BCUT2D eigenvalue weighted by Crippen LogP contribution is -2.08. The van der Waals surface area contributed by atoms with E-state index in [1.807, 2.05) is 16.8 Å². The molecule has 0 bridgehead atoms. The molecule has 0 atom stereocenters. The zero-order valence-electron chi connectivity index (χ0n) is 10.00. The number of imidazole rings is 1. The molecule has 0 aliphatic carbocycles. The first kappa shape index (κ1) is 11.5. The van der Waals surface area contributed by atoms with Crippen LogP contribution in [-0.2, 0) is 6.61 Å². The maximum Gasteiger partial charge on any atom is 0.161 e. The van der Waals surface area contributed by atoms with E-state index in [9.17, 15) is 5.11 Å². The zero-order chi connectivity index (χ0) is 12.3. The molecule has 0 spiro atoms. The van der Waals surface area contributed by atoms with Gasteiger partial charge >= 0.3 is 0 Å². The molecule has 1 N–H and O–H groups in total. The molecule has 4 nitrogen and oxygen atoms in total. The third-order valence-electron chi connectivity index (χ3n) is 2.53. The van der Waals surface area contributed by atoms with Crippen molar-refractivity contribution in [3.05, 3.63) is 42.5 Å². The van der Waals surface area contributed by atoms with Crippen LogP contribution in [0.1, 0.15) is 25.7 Å². The summed E-state index contributed by atoms with van der Waals surface area (Å²) in [5.41, 5.74) is 0. The van der Waals surface area contributed by atoms with Crippen molar-refractivity contribution in [2.24, 2.45) is 0 Å². The van der Waals surface area contributed by atoms with Crippen molar-refractivity contribution in [3.8, 4) is 11.5 Å². The van der Waals surface area contributed by atoms with Gasteiger partial charge in [0, 0.05) is 18.4 Å². The van der Waals surface area contributed by atoms with Crippen LogP contribution >= 0.6 is 0 Å². The molecule has 2 aromatic rings. The van der Waals surface area contributed by atoms with Crippen molar-refractivity contribution in [2.75, 3.05) is 0 Å². The second-order valence-corrected chi connectivity index (χ2v) is 4.10. The summed E-state index contributed by atoms with van der Waals surface area (Å²) in [5, 5.41) is 9.57. The molecule has 1 heterocycles. The van der Waals surface area contributed by atoms with E-state index < -0.39 is 0 Å². The number of phenolic OH excluding ortho intramolecular Hbond substituents is 1. The molecule has 0 radical (unpaired) electrons. The summed E-state index contributed by atoms with van der Waals surface area (Å²) in [6, 6.07) is 7.27. The Morgan fingerprint density at radius 2 is 2.12 bits per heavy atom. The second kappa shape index (κ2) is 4.91. The fourth-order valence-corrected chi connectivity index (χ4v) is 1.65. The van der Waals surface area contributed by atoms with Crippen molar-refractivity contribution in [1.29, 1.82) is 0 Å². The first-order valence-corrected chi connectivity index (χ1v) is 5.61. The molecule has 0 saturated heterocycles. The van der Waals surface area contributed by atoms with Crippen LogP contribution in [0.15, 0.2) is 36.7 Å². The molecule has 0 aliphatic rings. The fourth-order valence-electron chi connectivity index (χ4n) is 1.65. The number of ether oxygens (including phenoxy) is 1. The topological polar surface area (TPSA) is 47.3 Å². The van der Waals surface area contributed by atoms with Gasteiger partial charge in [-0.2, -0.15) is 0 Å². The van der Waals surface area contributed by atoms with Gasteiger partial charge in [-0.15, -0.1) is 0 Å². The molecule has 1 aromatic carbocycles. The number of para-hydroxylation sites is 2. The van der Waals surface area contributed by atoms with Gasteiger partial charge in [0.15, 0.2) is 11.5 Å². The highest BCUT2D eigenvalue weighted by atomic mass is 16.5. The van der Waals surface area contributed by atoms with Gasteiger partial charge in [-0.3, -0.25) is 0 Å². The number of hydrogen-bond donors (Lipinski definition) is 1. The Labute approximate surface area is 100 Å². The van der Waals surface area contributed by atoms with E-state index in [4.69, 9.17) is 4.74 Å². The first-order valence-electron chi connectivity index (χ1n) is 5.61. The Bertz CT molecular complexity index is 492. The quantitative estimate of drug-likeness (QED) is 0.881. The summed E-state index contributed by atoms with van der Waals surface area (Å²) in [4.78, 5) is 4.24. The maximum atomic E-state index is 9.57. The number of aromatic nitrogens is 2. The number of benzene rings is 1. The summed E-state index contributed by atoms with van der Waals surface area (Å²) >= 11 is 0. The molecule has 0 fully saturated rings. The molecular formula is C13H16N2O2. The number of nitrogens with zero attached hydrogens (tertiary/aromatic N) is 2. The highest BCUT2D eigenvalue weighted by Gasteiger charge is 2.07. The van der Waals surface area contributed by atoms with Crippen LogP contribution in [0.25, 0.3) is 0 Å². The standard InChI is InChI=1S/C13H16N2O2/c1-10(2)15-8-7-14-13(15)9-17-12-6-4-3-5-11(12)16/h3-8,10,16H,9H2,1-2H3. The van der Waals surface area contributed by atoms with E-state index in [2.05, 4.69) is 18.8 Å². The third-order valence-corrected chi connectivity index (χ3v) is 2.53. The molecule has 90 valence electrons. The van der Waals surface area contributed by atoms with Crippen molar-refractivity contribution < 1.29 is 9.84 Å². The van der Waals surface area contributed by atoms with Gasteiger partial charge in [-0.1, -0.05) is 12.1 Å². The van der Waals surface area contributed by atoms with Gasteiger partial charge in [-0.05, 0) is 26.0 Å². The van der Waals surface area contributed by atoms with Crippen LogP contribution in [-0.4, -0.2) is 14.7 Å². The zero-order valence-corrected chi connectivity index (χ0v) is 10.00. The van der Waals surface area contributed by atoms with Crippen LogP contribution in [0.3, 0.4) is 0 Å². The summed E-state index contributed by atoms with van der Waals surface area (Å²) in [6.07, 6.45) is 3.68. The largest absolute Gasteiger partial charge is 0.504 e. The predicted molar refractivity (Wildman–Crippen MR) is 65.1 cm³/mol. The lowest BCUT2D eigenvalue weighted by Gasteiger charge is -2.12. The van der Waals surface area contributed by atoms with E-state index >= 15 is 0 Å². The molecular weight excluding hydrogens is 216 g/mol. The Morgan fingerprint density at radius 3 is 2.82 bits per heavy atom. The average molecular weight is 232 g/mol. The maximum absolute atomic E-state index is 9.57. The van der Waals surface area contributed by atoms with Crippen LogP contribution in [0.4, 0.5) is 0 Å². The number of phenols is 1. The van der Waals surface area contributed by atoms with Gasteiger partial charge in [-0.25, -0.2) is 4.98 Å². The Balaban J connectivity index is 2.08.